The van der Waals surface area contributed by atoms with Crippen LogP contribution in [0.2, 0.25) is 0 Å². The molecule has 2 fully saturated rings. The van der Waals surface area contributed by atoms with Crippen molar-refractivity contribution in [2.24, 2.45) is 5.41 Å². The molecule has 5 heteroatoms. The third kappa shape index (κ3) is 1.70. The molecule has 0 radical (unpaired) electrons. The van der Waals surface area contributed by atoms with Gasteiger partial charge in [0.15, 0.2) is 9.84 Å². The van der Waals surface area contributed by atoms with E-state index in [-0.39, 0.29) is 24.5 Å². The van der Waals surface area contributed by atoms with Gasteiger partial charge in [0.1, 0.15) is 0 Å². The molecule has 2 N–H and O–H groups in total. The molecule has 0 bridgehead atoms. The molecule has 88 valence electrons. The maximum atomic E-state index is 11.4. The van der Waals surface area contributed by atoms with Crippen molar-refractivity contribution in [1.82, 2.24) is 0 Å². The van der Waals surface area contributed by atoms with Gasteiger partial charge in [0.05, 0.1) is 23.7 Å². The number of aliphatic hydroxyl groups excluding tert-OH is 1. The summed E-state index contributed by atoms with van der Waals surface area (Å²) in [4.78, 5) is 0. The molecule has 2 rings (SSSR count). The lowest BCUT2D eigenvalue weighted by Gasteiger charge is -2.40. The summed E-state index contributed by atoms with van der Waals surface area (Å²) in [5.41, 5.74) is -1.74. The van der Waals surface area contributed by atoms with Crippen LogP contribution in [0.5, 0.6) is 0 Å². The Hall–Kier alpha value is -0.130. The molecule has 1 aliphatic carbocycles. The Labute approximate surface area is 90.2 Å². The van der Waals surface area contributed by atoms with E-state index in [1.54, 1.807) is 0 Å². The molecule has 1 unspecified atom stereocenters. The van der Waals surface area contributed by atoms with E-state index in [1.807, 2.05) is 0 Å². The van der Waals surface area contributed by atoms with Gasteiger partial charge in [-0.1, -0.05) is 12.8 Å². The molecule has 2 aliphatic rings. The zero-order chi connectivity index (χ0) is 11.2. The number of hydrogen-bond donors (Lipinski definition) is 2. The van der Waals surface area contributed by atoms with Gasteiger partial charge < -0.3 is 10.2 Å². The van der Waals surface area contributed by atoms with Crippen LogP contribution >= 0.6 is 0 Å². The summed E-state index contributed by atoms with van der Waals surface area (Å²) in [5, 5.41) is 19.9. The summed E-state index contributed by atoms with van der Waals surface area (Å²) in [6.07, 6.45) is 3.73. The molecule has 1 saturated heterocycles. The van der Waals surface area contributed by atoms with E-state index < -0.39 is 20.9 Å². The first-order chi connectivity index (χ1) is 6.93. The van der Waals surface area contributed by atoms with Gasteiger partial charge >= 0.3 is 0 Å². The van der Waals surface area contributed by atoms with Crippen LogP contribution in [-0.2, 0) is 9.84 Å². The lowest BCUT2D eigenvalue weighted by molar-refractivity contribution is -0.0882. The van der Waals surface area contributed by atoms with E-state index in [2.05, 4.69) is 0 Å². The second kappa shape index (κ2) is 3.43. The van der Waals surface area contributed by atoms with Crippen LogP contribution in [0.25, 0.3) is 0 Å². The Balaban J connectivity index is 2.29. The fourth-order valence-corrected chi connectivity index (χ4v) is 5.04. The molecule has 4 nitrogen and oxygen atoms in total. The van der Waals surface area contributed by atoms with E-state index in [9.17, 15) is 18.6 Å². The van der Waals surface area contributed by atoms with Crippen molar-refractivity contribution >= 4 is 9.84 Å². The summed E-state index contributed by atoms with van der Waals surface area (Å²) in [5.74, 6) is -0.105. The van der Waals surface area contributed by atoms with Crippen LogP contribution in [0.3, 0.4) is 0 Å². The van der Waals surface area contributed by atoms with E-state index >= 15 is 0 Å². The van der Waals surface area contributed by atoms with Crippen LogP contribution in [0.15, 0.2) is 0 Å². The predicted molar refractivity (Wildman–Crippen MR) is 56.2 cm³/mol. The number of sulfone groups is 1. The van der Waals surface area contributed by atoms with Crippen LogP contribution in [-0.4, -0.2) is 42.3 Å². The fraction of sp³-hybridized carbons (Fsp3) is 1.00. The standard InChI is InChI=1S/C10H18O4S/c11-7-9(3-1-2-4-9)10(12)5-6-15(13,14)8-10/h11-12H,1-8H2. The van der Waals surface area contributed by atoms with E-state index in [0.717, 1.165) is 25.7 Å². The van der Waals surface area contributed by atoms with Gasteiger partial charge in [-0.25, -0.2) is 8.42 Å². The van der Waals surface area contributed by atoms with Crippen LogP contribution in [0.4, 0.5) is 0 Å². The summed E-state index contributed by atoms with van der Waals surface area (Å²) < 4.78 is 22.8. The maximum Gasteiger partial charge on any atom is 0.153 e. The minimum atomic E-state index is -3.10. The first-order valence-electron chi connectivity index (χ1n) is 5.47. The van der Waals surface area contributed by atoms with E-state index in [4.69, 9.17) is 0 Å². The summed E-state index contributed by atoms with van der Waals surface area (Å²) in [7, 11) is -3.10. The molecular formula is C10H18O4S. The molecule has 1 saturated carbocycles. The Morgan fingerprint density at radius 3 is 2.13 bits per heavy atom. The van der Waals surface area contributed by atoms with Crippen molar-refractivity contribution in [3.8, 4) is 0 Å². The van der Waals surface area contributed by atoms with Gasteiger partial charge in [0.25, 0.3) is 0 Å². The Morgan fingerprint density at radius 2 is 1.73 bits per heavy atom. The highest BCUT2D eigenvalue weighted by atomic mass is 32.2. The molecule has 1 aliphatic heterocycles. The van der Waals surface area contributed by atoms with Gasteiger partial charge in [-0.3, -0.25) is 0 Å². The van der Waals surface area contributed by atoms with Crippen LogP contribution < -0.4 is 0 Å². The fourth-order valence-electron chi connectivity index (χ4n) is 3.07. The Morgan fingerprint density at radius 1 is 1.13 bits per heavy atom. The van der Waals surface area contributed by atoms with Crippen molar-refractivity contribution in [2.75, 3.05) is 18.1 Å². The average molecular weight is 234 g/mol. The molecular weight excluding hydrogens is 216 g/mol. The smallest absolute Gasteiger partial charge is 0.153 e. The minimum absolute atomic E-state index is 0.0608. The highest BCUT2D eigenvalue weighted by Gasteiger charge is 2.56. The normalized spacial score (nSPS) is 38.3. The second-order valence-corrected chi connectivity index (χ2v) is 7.20. The van der Waals surface area contributed by atoms with E-state index in [0.29, 0.717) is 0 Å². The summed E-state index contributed by atoms with van der Waals surface area (Å²) in [6, 6.07) is 0. The van der Waals surface area contributed by atoms with E-state index in [1.165, 1.54) is 0 Å². The number of rotatable bonds is 2. The van der Waals surface area contributed by atoms with Gasteiger partial charge in [0.2, 0.25) is 0 Å². The van der Waals surface area contributed by atoms with Crippen LogP contribution in [0, 0.1) is 5.41 Å². The minimum Gasteiger partial charge on any atom is -0.396 e. The van der Waals surface area contributed by atoms with Gasteiger partial charge in [-0.15, -0.1) is 0 Å². The first-order valence-corrected chi connectivity index (χ1v) is 7.29. The molecule has 0 amide bonds. The highest BCUT2D eigenvalue weighted by molar-refractivity contribution is 7.91. The molecule has 15 heavy (non-hydrogen) atoms. The lowest BCUT2D eigenvalue weighted by Crippen LogP contribution is -2.50. The van der Waals surface area contributed by atoms with Gasteiger partial charge in [-0.2, -0.15) is 0 Å². The zero-order valence-corrected chi connectivity index (χ0v) is 9.59. The predicted octanol–water partition coefficient (Wildman–Crippen LogP) is 0.0887. The average Bonchev–Trinajstić information content (AvgIpc) is 2.72. The van der Waals surface area contributed by atoms with Crippen molar-refractivity contribution < 1.29 is 18.6 Å². The van der Waals surface area contributed by atoms with Gasteiger partial charge in [0, 0.05) is 5.41 Å². The Kier molecular flexibility index (Phi) is 2.60. The first kappa shape index (κ1) is 11.4. The molecule has 0 aromatic carbocycles. The molecule has 1 heterocycles. The quantitative estimate of drug-likeness (QED) is 0.710. The number of aliphatic hydroxyl groups is 2. The topological polar surface area (TPSA) is 74.6 Å². The molecule has 0 aromatic heterocycles. The SMILES string of the molecule is O=S1(=O)CCC(O)(C2(CO)CCCC2)C1. The Bertz CT molecular complexity index is 342. The van der Waals surface area contributed by atoms with Crippen molar-refractivity contribution in [3.63, 3.8) is 0 Å². The molecule has 1 atom stereocenters. The summed E-state index contributed by atoms with van der Waals surface area (Å²) >= 11 is 0. The molecule has 0 spiro atoms. The summed E-state index contributed by atoms with van der Waals surface area (Å²) in [6.45, 7) is -0.0982. The zero-order valence-electron chi connectivity index (χ0n) is 8.78. The van der Waals surface area contributed by atoms with Gasteiger partial charge in [-0.05, 0) is 19.3 Å². The number of hydrogen-bond acceptors (Lipinski definition) is 4. The second-order valence-electron chi connectivity index (χ2n) is 5.02. The monoisotopic (exact) mass is 234 g/mol. The third-order valence-electron chi connectivity index (χ3n) is 4.14. The highest BCUT2D eigenvalue weighted by Crippen LogP contribution is 2.50. The van der Waals surface area contributed by atoms with Crippen molar-refractivity contribution in [3.05, 3.63) is 0 Å². The lowest BCUT2D eigenvalue weighted by atomic mass is 9.70. The third-order valence-corrected chi connectivity index (χ3v) is 5.88. The van der Waals surface area contributed by atoms with Crippen molar-refractivity contribution in [1.29, 1.82) is 0 Å². The molecule has 0 aromatic rings. The van der Waals surface area contributed by atoms with Crippen molar-refractivity contribution in [2.45, 2.75) is 37.7 Å². The maximum absolute atomic E-state index is 11.4. The van der Waals surface area contributed by atoms with Crippen LogP contribution in [0.1, 0.15) is 32.1 Å². The largest absolute Gasteiger partial charge is 0.396 e.